The van der Waals surface area contributed by atoms with Crippen molar-refractivity contribution in [3.63, 3.8) is 0 Å². The van der Waals surface area contributed by atoms with E-state index in [0.29, 0.717) is 5.56 Å². The highest BCUT2D eigenvalue weighted by molar-refractivity contribution is 7.89. The van der Waals surface area contributed by atoms with Crippen LogP contribution in [0, 0.1) is 19.8 Å². The summed E-state index contributed by atoms with van der Waals surface area (Å²) in [5, 5.41) is 3.97. The fourth-order valence-corrected chi connectivity index (χ4v) is 5.86. The molecule has 10 nitrogen and oxygen atoms in total. The Balaban J connectivity index is 1.74. The molecular weight excluding hydrogens is 566 g/mol. The van der Waals surface area contributed by atoms with E-state index in [4.69, 9.17) is 8.92 Å². The van der Waals surface area contributed by atoms with Crippen molar-refractivity contribution in [2.75, 3.05) is 6.61 Å². The Labute approximate surface area is 242 Å². The van der Waals surface area contributed by atoms with Crippen molar-refractivity contribution in [1.29, 1.82) is 0 Å². The van der Waals surface area contributed by atoms with Crippen molar-refractivity contribution in [3.8, 4) is 11.5 Å². The molecule has 3 aromatic rings. The molecule has 3 rings (SSSR count). The Morgan fingerprint density at radius 3 is 2.02 bits per heavy atom. The molecule has 220 valence electrons. The number of ether oxygens (including phenoxy) is 1. The Kier molecular flexibility index (Phi) is 10.7. The zero-order valence-corrected chi connectivity index (χ0v) is 25.3. The largest absolute Gasteiger partial charge is 0.490 e. The highest BCUT2D eigenvalue weighted by atomic mass is 32.2. The van der Waals surface area contributed by atoms with Crippen LogP contribution in [0.1, 0.15) is 43.9 Å². The van der Waals surface area contributed by atoms with Crippen LogP contribution in [0.2, 0.25) is 0 Å². The van der Waals surface area contributed by atoms with Gasteiger partial charge in [0.2, 0.25) is 10.0 Å². The fourth-order valence-electron chi connectivity index (χ4n) is 3.71. The minimum Gasteiger partial charge on any atom is -0.490 e. The van der Waals surface area contributed by atoms with Gasteiger partial charge in [-0.1, -0.05) is 49.2 Å². The number of aryl methyl sites for hydroxylation is 2. The number of nitrogens with zero attached hydrogens (tertiary/aromatic N) is 1. The van der Waals surface area contributed by atoms with Crippen LogP contribution in [0.25, 0.3) is 0 Å². The molecular formula is C29H35N3O7S2. The summed E-state index contributed by atoms with van der Waals surface area (Å²) in [5.41, 5.74) is 4.69. The summed E-state index contributed by atoms with van der Waals surface area (Å²) in [5.74, 6) is -0.439. The number of carbonyl (C=O) groups excluding carboxylic acids is 1. The molecule has 0 aliphatic rings. The second-order valence-corrected chi connectivity index (χ2v) is 13.1. The molecule has 0 bridgehead atoms. The topological polar surface area (TPSA) is 140 Å². The molecule has 2 N–H and O–H groups in total. The van der Waals surface area contributed by atoms with Gasteiger partial charge in [0.15, 0.2) is 11.5 Å². The lowest BCUT2D eigenvalue weighted by Crippen LogP contribution is -2.46. The summed E-state index contributed by atoms with van der Waals surface area (Å²) >= 11 is 0. The maximum Gasteiger partial charge on any atom is 0.339 e. The first-order valence-electron chi connectivity index (χ1n) is 13.0. The van der Waals surface area contributed by atoms with Gasteiger partial charge in [0.05, 0.1) is 17.7 Å². The lowest BCUT2D eigenvalue weighted by Gasteiger charge is -2.19. The van der Waals surface area contributed by atoms with Crippen LogP contribution in [0.4, 0.5) is 0 Å². The molecule has 0 radical (unpaired) electrons. The number of sulfonamides is 1. The smallest absolute Gasteiger partial charge is 0.339 e. The molecule has 1 atom stereocenters. The van der Waals surface area contributed by atoms with Crippen molar-refractivity contribution in [2.45, 2.75) is 56.9 Å². The Hall–Kier alpha value is -3.74. The van der Waals surface area contributed by atoms with Gasteiger partial charge in [-0.3, -0.25) is 4.79 Å². The van der Waals surface area contributed by atoms with Crippen molar-refractivity contribution in [2.24, 2.45) is 11.0 Å². The van der Waals surface area contributed by atoms with Crippen LogP contribution in [0.15, 0.2) is 81.6 Å². The SMILES string of the molecule is CCOc1cc(/C=N\NC(=O)[C@H](CC(C)C)NS(=O)(=O)c2ccc(C)cc2)ccc1OS(=O)(=O)c1ccc(C)cc1. The molecule has 3 aromatic carbocycles. The molecule has 0 aromatic heterocycles. The van der Waals surface area contributed by atoms with Crippen molar-refractivity contribution in [1.82, 2.24) is 10.1 Å². The molecule has 0 spiro atoms. The highest BCUT2D eigenvalue weighted by Crippen LogP contribution is 2.31. The number of carbonyl (C=O) groups is 1. The van der Waals surface area contributed by atoms with Gasteiger partial charge in [0.1, 0.15) is 10.9 Å². The second kappa shape index (κ2) is 13.7. The fraction of sp³-hybridized carbons (Fsp3) is 0.310. The molecule has 0 unspecified atom stereocenters. The van der Waals surface area contributed by atoms with E-state index >= 15 is 0 Å². The van der Waals surface area contributed by atoms with Crippen molar-refractivity contribution >= 4 is 32.3 Å². The summed E-state index contributed by atoms with van der Waals surface area (Å²) in [6.07, 6.45) is 1.59. The molecule has 12 heteroatoms. The third-order valence-corrected chi connectivity index (χ3v) is 8.55. The number of hydrogen-bond donors (Lipinski definition) is 2. The Morgan fingerprint density at radius 1 is 0.878 bits per heavy atom. The number of nitrogens with one attached hydrogen (secondary N) is 2. The average Bonchev–Trinajstić information content (AvgIpc) is 2.90. The zero-order chi connectivity index (χ0) is 30.2. The van der Waals surface area contributed by atoms with Gasteiger partial charge in [-0.15, -0.1) is 0 Å². The Bertz CT molecular complexity index is 1580. The van der Waals surface area contributed by atoms with Gasteiger partial charge >= 0.3 is 10.1 Å². The second-order valence-electron chi connectivity index (χ2n) is 9.84. The van der Waals surface area contributed by atoms with Gasteiger partial charge in [0.25, 0.3) is 5.91 Å². The normalized spacial score (nSPS) is 12.8. The lowest BCUT2D eigenvalue weighted by atomic mass is 10.0. The molecule has 0 aliphatic heterocycles. The van der Waals surface area contributed by atoms with Crippen LogP contribution in [0.3, 0.4) is 0 Å². The van der Waals surface area contributed by atoms with E-state index in [9.17, 15) is 21.6 Å². The average molecular weight is 602 g/mol. The van der Waals surface area contributed by atoms with Gasteiger partial charge in [0, 0.05) is 0 Å². The number of amides is 1. The van der Waals surface area contributed by atoms with Crippen LogP contribution >= 0.6 is 0 Å². The molecule has 0 saturated carbocycles. The first-order chi connectivity index (χ1) is 19.3. The molecule has 0 heterocycles. The van der Waals surface area contributed by atoms with E-state index in [2.05, 4.69) is 15.2 Å². The van der Waals surface area contributed by atoms with Gasteiger partial charge in [-0.05, 0) is 81.1 Å². The van der Waals surface area contributed by atoms with Crippen LogP contribution in [-0.4, -0.2) is 41.6 Å². The molecule has 1 amide bonds. The third-order valence-electron chi connectivity index (χ3n) is 5.82. The first-order valence-corrected chi connectivity index (χ1v) is 15.9. The predicted octanol–water partition coefficient (Wildman–Crippen LogP) is 4.31. The van der Waals surface area contributed by atoms with E-state index < -0.39 is 32.1 Å². The molecule has 0 saturated heterocycles. The van der Waals surface area contributed by atoms with E-state index in [1.165, 1.54) is 42.6 Å². The van der Waals surface area contributed by atoms with Gasteiger partial charge in [-0.25, -0.2) is 13.8 Å². The number of rotatable bonds is 13. The van der Waals surface area contributed by atoms with Crippen LogP contribution in [0.5, 0.6) is 11.5 Å². The minimum absolute atomic E-state index is 0.00359. The summed E-state index contributed by atoms with van der Waals surface area (Å²) < 4.78 is 64.6. The van der Waals surface area contributed by atoms with Crippen LogP contribution in [-0.2, 0) is 24.9 Å². The van der Waals surface area contributed by atoms with E-state index in [0.717, 1.165) is 11.1 Å². The molecule has 41 heavy (non-hydrogen) atoms. The number of benzene rings is 3. The quantitative estimate of drug-likeness (QED) is 0.169. The maximum atomic E-state index is 12.9. The summed E-state index contributed by atoms with van der Waals surface area (Å²) in [7, 11) is -8.04. The van der Waals surface area contributed by atoms with E-state index in [-0.39, 0.29) is 40.2 Å². The minimum atomic E-state index is -4.10. The first kappa shape index (κ1) is 31.8. The van der Waals surface area contributed by atoms with E-state index in [1.807, 2.05) is 27.7 Å². The Morgan fingerprint density at radius 2 is 1.46 bits per heavy atom. The van der Waals surface area contributed by atoms with Crippen molar-refractivity contribution in [3.05, 3.63) is 83.4 Å². The standard InChI is InChI=1S/C29H35N3O7S2/c1-6-38-28-18-23(11-16-27(28)39-41(36,37)25-14-9-22(5)10-15-25)19-30-31-29(33)26(17-20(2)3)32-40(34,35)24-12-7-21(4)8-13-24/h7-16,18-20,26,32H,6,17H2,1-5H3,(H,31,33)/b30-19-/t26-/m0/s1. The number of hydrogen-bond acceptors (Lipinski definition) is 8. The number of hydrazone groups is 1. The zero-order valence-electron chi connectivity index (χ0n) is 23.6. The van der Waals surface area contributed by atoms with Gasteiger partial charge in [-0.2, -0.15) is 18.2 Å². The van der Waals surface area contributed by atoms with E-state index in [1.54, 1.807) is 37.3 Å². The predicted molar refractivity (Wildman–Crippen MR) is 157 cm³/mol. The van der Waals surface area contributed by atoms with Crippen LogP contribution < -0.4 is 19.1 Å². The molecule has 0 fully saturated rings. The molecule has 0 aliphatic carbocycles. The maximum absolute atomic E-state index is 12.9. The summed E-state index contributed by atoms with van der Waals surface area (Å²) in [6.45, 7) is 9.44. The summed E-state index contributed by atoms with van der Waals surface area (Å²) in [6, 6.07) is 16.0. The third kappa shape index (κ3) is 9.13. The van der Waals surface area contributed by atoms with Crippen molar-refractivity contribution < 1.29 is 30.6 Å². The summed E-state index contributed by atoms with van der Waals surface area (Å²) in [4.78, 5) is 13.0. The lowest BCUT2D eigenvalue weighted by molar-refractivity contribution is -0.123. The van der Waals surface area contributed by atoms with Gasteiger partial charge < -0.3 is 8.92 Å². The highest BCUT2D eigenvalue weighted by Gasteiger charge is 2.26. The monoisotopic (exact) mass is 601 g/mol.